The first kappa shape index (κ1) is 21.5. The lowest BCUT2D eigenvalue weighted by Gasteiger charge is -2.36. The van der Waals surface area contributed by atoms with Gasteiger partial charge in [0, 0.05) is 10.4 Å². The molecule has 0 aliphatic heterocycles. The molecule has 3 rings (SSSR count). The first-order chi connectivity index (χ1) is 13.8. The average Bonchev–Trinajstić information content (AvgIpc) is 3.05. The standard InChI is InChI=1S/C23H28FNO3S/c1-5-23(3,4)15-9-12-17-18(13-15)29-21(19(17)22(27)28-6-2)25-20(26)14-7-10-16(24)11-8-14/h7-8,10-11,15H,5-6,9,12-13H2,1-4H3,(H,25,26). The van der Waals surface area contributed by atoms with Crippen LogP contribution in [0.2, 0.25) is 0 Å². The quantitative estimate of drug-likeness (QED) is 0.599. The molecular formula is C23H28FNO3S. The summed E-state index contributed by atoms with van der Waals surface area (Å²) in [5, 5.41) is 3.39. The van der Waals surface area contributed by atoms with Crippen molar-refractivity contribution in [1.82, 2.24) is 0 Å². The van der Waals surface area contributed by atoms with Crippen LogP contribution in [0.25, 0.3) is 0 Å². The number of hydrogen-bond acceptors (Lipinski definition) is 4. The van der Waals surface area contributed by atoms with Crippen molar-refractivity contribution >= 4 is 28.2 Å². The van der Waals surface area contributed by atoms with E-state index in [0.717, 1.165) is 36.1 Å². The van der Waals surface area contributed by atoms with Crippen LogP contribution in [0, 0.1) is 17.2 Å². The number of hydrogen-bond donors (Lipinski definition) is 1. The number of anilines is 1. The van der Waals surface area contributed by atoms with Crippen molar-refractivity contribution in [2.45, 2.75) is 53.4 Å². The van der Waals surface area contributed by atoms with Crippen molar-refractivity contribution < 1.29 is 18.7 Å². The Hall–Kier alpha value is -2.21. The Bertz CT molecular complexity index is 902. The number of carbonyl (C=O) groups excluding carboxylic acids is 2. The highest BCUT2D eigenvalue weighted by Crippen LogP contribution is 2.45. The Morgan fingerprint density at radius 2 is 1.93 bits per heavy atom. The number of fused-ring (bicyclic) bond motifs is 1. The molecule has 0 bridgehead atoms. The third-order valence-electron chi connectivity index (χ3n) is 6.09. The van der Waals surface area contributed by atoms with E-state index >= 15 is 0 Å². The van der Waals surface area contributed by atoms with Gasteiger partial charge >= 0.3 is 5.97 Å². The van der Waals surface area contributed by atoms with Crippen LogP contribution in [0.15, 0.2) is 24.3 Å². The predicted molar refractivity (Wildman–Crippen MR) is 114 cm³/mol. The molecule has 156 valence electrons. The Kier molecular flexibility index (Phi) is 6.42. The molecule has 1 aliphatic rings. The average molecular weight is 418 g/mol. The predicted octanol–water partition coefficient (Wildman–Crippen LogP) is 5.86. The summed E-state index contributed by atoms with van der Waals surface area (Å²) in [6.07, 6.45) is 3.82. The smallest absolute Gasteiger partial charge is 0.341 e. The van der Waals surface area contributed by atoms with E-state index in [9.17, 15) is 14.0 Å². The summed E-state index contributed by atoms with van der Waals surface area (Å²) in [6, 6.07) is 5.36. The molecule has 2 aromatic rings. The molecule has 1 unspecified atom stereocenters. The fourth-order valence-electron chi connectivity index (χ4n) is 3.83. The third kappa shape index (κ3) is 4.53. The van der Waals surface area contributed by atoms with Crippen LogP contribution < -0.4 is 5.32 Å². The summed E-state index contributed by atoms with van der Waals surface area (Å²) < 4.78 is 18.4. The molecule has 1 aliphatic carbocycles. The minimum atomic E-state index is -0.398. The summed E-state index contributed by atoms with van der Waals surface area (Å²) in [5.74, 6) is -0.619. The second-order valence-corrected chi connectivity index (χ2v) is 9.28. The van der Waals surface area contributed by atoms with Gasteiger partial charge in [0.25, 0.3) is 5.91 Å². The van der Waals surface area contributed by atoms with E-state index in [-0.39, 0.29) is 17.9 Å². The monoisotopic (exact) mass is 417 g/mol. The van der Waals surface area contributed by atoms with Crippen molar-refractivity contribution in [2.75, 3.05) is 11.9 Å². The molecule has 1 amide bonds. The second kappa shape index (κ2) is 8.66. The van der Waals surface area contributed by atoms with E-state index in [1.807, 2.05) is 0 Å². The number of esters is 1. The fourth-order valence-corrected chi connectivity index (χ4v) is 5.14. The molecule has 0 radical (unpaired) electrons. The van der Waals surface area contributed by atoms with Crippen LogP contribution in [0.5, 0.6) is 0 Å². The van der Waals surface area contributed by atoms with Crippen molar-refractivity contribution in [3.8, 4) is 0 Å². The van der Waals surface area contributed by atoms with Gasteiger partial charge < -0.3 is 10.1 Å². The molecule has 0 saturated heterocycles. The van der Waals surface area contributed by atoms with E-state index in [1.54, 1.807) is 6.92 Å². The summed E-state index contributed by atoms with van der Waals surface area (Å²) in [6.45, 7) is 8.84. The molecule has 4 nitrogen and oxygen atoms in total. The number of thiophene rings is 1. The van der Waals surface area contributed by atoms with Gasteiger partial charge in [-0.1, -0.05) is 27.2 Å². The zero-order chi connectivity index (χ0) is 21.2. The number of halogens is 1. The zero-order valence-corrected chi connectivity index (χ0v) is 18.2. The zero-order valence-electron chi connectivity index (χ0n) is 17.4. The highest BCUT2D eigenvalue weighted by atomic mass is 32.1. The SMILES string of the molecule is CCOC(=O)c1c(NC(=O)c2ccc(F)cc2)sc2c1CCC(C(C)(C)CC)C2. The van der Waals surface area contributed by atoms with E-state index in [0.29, 0.717) is 22.0 Å². The topological polar surface area (TPSA) is 55.4 Å². The molecule has 0 saturated carbocycles. The summed E-state index contributed by atoms with van der Waals surface area (Å²) in [7, 11) is 0. The Balaban J connectivity index is 1.93. The first-order valence-corrected chi connectivity index (χ1v) is 11.0. The summed E-state index contributed by atoms with van der Waals surface area (Å²) in [4.78, 5) is 26.5. The van der Waals surface area contributed by atoms with Gasteiger partial charge in [-0.05, 0) is 67.3 Å². The minimum absolute atomic E-state index is 0.225. The van der Waals surface area contributed by atoms with Gasteiger partial charge in [-0.25, -0.2) is 9.18 Å². The molecule has 0 spiro atoms. The van der Waals surface area contributed by atoms with Gasteiger partial charge in [-0.2, -0.15) is 0 Å². The number of carbonyl (C=O) groups is 2. The second-order valence-electron chi connectivity index (χ2n) is 8.17. The summed E-state index contributed by atoms with van der Waals surface area (Å²) >= 11 is 1.47. The van der Waals surface area contributed by atoms with E-state index in [2.05, 4.69) is 26.1 Å². The van der Waals surface area contributed by atoms with Crippen molar-refractivity contribution in [2.24, 2.45) is 11.3 Å². The number of amides is 1. The van der Waals surface area contributed by atoms with Crippen LogP contribution in [0.4, 0.5) is 9.39 Å². The highest BCUT2D eigenvalue weighted by Gasteiger charge is 2.35. The van der Waals surface area contributed by atoms with Crippen LogP contribution >= 0.6 is 11.3 Å². The molecule has 1 N–H and O–H groups in total. The maximum absolute atomic E-state index is 13.2. The van der Waals surface area contributed by atoms with Crippen LogP contribution in [0.1, 0.15) is 71.7 Å². The largest absolute Gasteiger partial charge is 0.462 e. The van der Waals surface area contributed by atoms with Crippen molar-refractivity contribution in [3.63, 3.8) is 0 Å². The Morgan fingerprint density at radius 1 is 1.24 bits per heavy atom. The fraction of sp³-hybridized carbons (Fsp3) is 0.478. The molecule has 29 heavy (non-hydrogen) atoms. The van der Waals surface area contributed by atoms with Crippen LogP contribution in [-0.4, -0.2) is 18.5 Å². The maximum Gasteiger partial charge on any atom is 0.341 e. The molecule has 0 fully saturated rings. The summed E-state index contributed by atoms with van der Waals surface area (Å²) in [5.41, 5.74) is 2.06. The maximum atomic E-state index is 13.2. The van der Waals surface area contributed by atoms with Gasteiger partial charge in [0.2, 0.25) is 0 Å². The van der Waals surface area contributed by atoms with Crippen molar-refractivity contribution in [3.05, 3.63) is 51.7 Å². The molecule has 1 aromatic carbocycles. The lowest BCUT2D eigenvalue weighted by Crippen LogP contribution is -2.28. The molecule has 1 aromatic heterocycles. The van der Waals surface area contributed by atoms with Gasteiger partial charge in [0.15, 0.2) is 0 Å². The van der Waals surface area contributed by atoms with Gasteiger partial charge in [-0.15, -0.1) is 11.3 Å². The molecule has 1 atom stereocenters. The number of nitrogens with one attached hydrogen (secondary N) is 1. The molecule has 6 heteroatoms. The van der Waals surface area contributed by atoms with Crippen molar-refractivity contribution in [1.29, 1.82) is 0 Å². The van der Waals surface area contributed by atoms with Gasteiger partial charge in [0.05, 0.1) is 12.2 Å². The Morgan fingerprint density at radius 3 is 2.55 bits per heavy atom. The normalized spacial score (nSPS) is 16.2. The Labute approximate surface area is 175 Å². The van der Waals surface area contributed by atoms with Crippen LogP contribution in [-0.2, 0) is 17.6 Å². The highest BCUT2D eigenvalue weighted by molar-refractivity contribution is 7.17. The van der Waals surface area contributed by atoms with Crippen LogP contribution in [0.3, 0.4) is 0 Å². The number of ether oxygens (including phenoxy) is 1. The molecular weight excluding hydrogens is 389 g/mol. The lowest BCUT2D eigenvalue weighted by molar-refractivity contribution is 0.0526. The lowest BCUT2D eigenvalue weighted by atomic mass is 9.69. The number of rotatable bonds is 6. The van der Waals surface area contributed by atoms with Gasteiger partial charge in [-0.3, -0.25) is 4.79 Å². The van der Waals surface area contributed by atoms with E-state index in [4.69, 9.17) is 4.74 Å². The molecule has 1 heterocycles. The third-order valence-corrected chi connectivity index (χ3v) is 7.26. The van der Waals surface area contributed by atoms with E-state index < -0.39 is 11.8 Å². The minimum Gasteiger partial charge on any atom is -0.462 e. The van der Waals surface area contributed by atoms with E-state index in [1.165, 1.54) is 35.6 Å². The number of benzene rings is 1. The first-order valence-electron chi connectivity index (χ1n) is 10.1. The van der Waals surface area contributed by atoms with Gasteiger partial charge in [0.1, 0.15) is 10.8 Å².